The standard InChI is InChI=1S/C19H17N3O2/c1-14-6-8-15(9-7-14)13-22-11-3-5-17(19(22)24)18(23)21-16-4-2-10-20-12-16/h2-12H,13H2,1H3,(H,21,23). The number of hydrogen-bond donors (Lipinski definition) is 1. The van der Waals surface area contributed by atoms with E-state index in [2.05, 4.69) is 10.3 Å². The summed E-state index contributed by atoms with van der Waals surface area (Å²) in [4.78, 5) is 28.8. The number of pyridine rings is 2. The van der Waals surface area contributed by atoms with Crippen LogP contribution in [0.2, 0.25) is 0 Å². The summed E-state index contributed by atoms with van der Waals surface area (Å²) in [5.74, 6) is -0.439. The maximum Gasteiger partial charge on any atom is 0.263 e. The minimum absolute atomic E-state index is 0.105. The molecule has 5 heteroatoms. The third-order valence-corrected chi connectivity index (χ3v) is 3.66. The molecule has 1 aromatic carbocycles. The Labute approximate surface area is 139 Å². The molecule has 0 aliphatic rings. The summed E-state index contributed by atoms with van der Waals surface area (Å²) >= 11 is 0. The molecule has 0 saturated heterocycles. The van der Waals surface area contributed by atoms with Crippen molar-refractivity contribution in [2.75, 3.05) is 5.32 Å². The molecule has 0 fully saturated rings. The lowest BCUT2D eigenvalue weighted by atomic mass is 10.1. The van der Waals surface area contributed by atoms with Crippen LogP contribution in [-0.2, 0) is 6.54 Å². The summed E-state index contributed by atoms with van der Waals surface area (Å²) in [5, 5.41) is 2.68. The normalized spacial score (nSPS) is 10.4. The summed E-state index contributed by atoms with van der Waals surface area (Å²) in [5.41, 5.74) is 2.51. The van der Waals surface area contributed by atoms with Crippen molar-refractivity contribution in [2.24, 2.45) is 0 Å². The second-order valence-electron chi connectivity index (χ2n) is 5.54. The molecule has 0 saturated carbocycles. The van der Waals surface area contributed by atoms with Gasteiger partial charge in [-0.1, -0.05) is 29.8 Å². The zero-order valence-corrected chi connectivity index (χ0v) is 13.3. The fraction of sp³-hybridized carbons (Fsp3) is 0.105. The smallest absolute Gasteiger partial charge is 0.263 e. The summed E-state index contributed by atoms with van der Waals surface area (Å²) in [6, 6.07) is 14.6. The number of carbonyl (C=O) groups excluding carboxylic acids is 1. The van der Waals surface area contributed by atoms with Crippen molar-refractivity contribution < 1.29 is 4.79 Å². The molecule has 2 aromatic heterocycles. The van der Waals surface area contributed by atoms with Gasteiger partial charge in [-0.2, -0.15) is 0 Å². The van der Waals surface area contributed by atoms with Gasteiger partial charge >= 0.3 is 0 Å². The van der Waals surface area contributed by atoms with Gasteiger partial charge in [-0.25, -0.2) is 0 Å². The van der Waals surface area contributed by atoms with E-state index in [0.717, 1.165) is 11.1 Å². The molecule has 2 heterocycles. The van der Waals surface area contributed by atoms with Gasteiger partial charge in [-0.15, -0.1) is 0 Å². The van der Waals surface area contributed by atoms with E-state index < -0.39 is 5.91 Å². The second-order valence-corrected chi connectivity index (χ2v) is 5.54. The first-order valence-corrected chi connectivity index (χ1v) is 7.60. The Balaban J connectivity index is 1.84. The third-order valence-electron chi connectivity index (χ3n) is 3.66. The van der Waals surface area contributed by atoms with E-state index in [1.807, 2.05) is 31.2 Å². The number of carbonyl (C=O) groups is 1. The molecule has 0 atom stereocenters. The predicted octanol–water partition coefficient (Wildman–Crippen LogP) is 2.85. The van der Waals surface area contributed by atoms with Gasteiger partial charge in [-0.05, 0) is 36.8 Å². The van der Waals surface area contributed by atoms with E-state index in [4.69, 9.17) is 0 Å². The molecule has 3 rings (SSSR count). The SMILES string of the molecule is Cc1ccc(Cn2cccc(C(=O)Nc3cccnc3)c2=O)cc1. The number of aromatic nitrogens is 2. The van der Waals surface area contributed by atoms with Gasteiger partial charge < -0.3 is 9.88 Å². The molecular weight excluding hydrogens is 302 g/mol. The van der Waals surface area contributed by atoms with Crippen molar-refractivity contribution in [1.29, 1.82) is 0 Å². The highest BCUT2D eigenvalue weighted by molar-refractivity contribution is 6.03. The van der Waals surface area contributed by atoms with Gasteiger partial charge in [0.1, 0.15) is 5.56 Å². The van der Waals surface area contributed by atoms with Crippen molar-refractivity contribution in [2.45, 2.75) is 13.5 Å². The van der Waals surface area contributed by atoms with E-state index in [0.29, 0.717) is 12.2 Å². The Hall–Kier alpha value is -3.21. The van der Waals surface area contributed by atoms with Crippen LogP contribution in [-0.4, -0.2) is 15.5 Å². The molecule has 5 nitrogen and oxygen atoms in total. The van der Waals surface area contributed by atoms with E-state index >= 15 is 0 Å². The molecule has 3 aromatic rings. The highest BCUT2D eigenvalue weighted by Gasteiger charge is 2.12. The Morgan fingerprint density at radius 3 is 2.62 bits per heavy atom. The molecule has 0 aliphatic heterocycles. The van der Waals surface area contributed by atoms with Crippen LogP contribution in [0.3, 0.4) is 0 Å². The quantitative estimate of drug-likeness (QED) is 0.804. The van der Waals surface area contributed by atoms with Gasteiger partial charge in [0.2, 0.25) is 0 Å². The molecular formula is C19H17N3O2. The third kappa shape index (κ3) is 3.57. The van der Waals surface area contributed by atoms with Crippen LogP contribution >= 0.6 is 0 Å². The molecule has 0 bridgehead atoms. The molecule has 0 radical (unpaired) electrons. The lowest BCUT2D eigenvalue weighted by Gasteiger charge is -2.09. The fourth-order valence-electron chi connectivity index (χ4n) is 2.36. The van der Waals surface area contributed by atoms with E-state index in [-0.39, 0.29) is 11.1 Å². The van der Waals surface area contributed by atoms with Crippen LogP contribution < -0.4 is 10.9 Å². The maximum atomic E-state index is 12.6. The summed E-state index contributed by atoms with van der Waals surface area (Å²) in [7, 11) is 0. The van der Waals surface area contributed by atoms with E-state index in [9.17, 15) is 9.59 Å². The first-order valence-electron chi connectivity index (χ1n) is 7.60. The number of nitrogens with zero attached hydrogens (tertiary/aromatic N) is 2. The molecule has 120 valence electrons. The average molecular weight is 319 g/mol. The molecule has 24 heavy (non-hydrogen) atoms. The average Bonchev–Trinajstić information content (AvgIpc) is 2.59. The van der Waals surface area contributed by atoms with Crippen LogP contribution in [0.5, 0.6) is 0 Å². The van der Waals surface area contributed by atoms with Crippen molar-refractivity contribution in [3.05, 3.63) is 94.2 Å². The van der Waals surface area contributed by atoms with Crippen molar-refractivity contribution in [1.82, 2.24) is 9.55 Å². The minimum atomic E-state index is -0.439. The molecule has 1 N–H and O–H groups in total. The Bertz CT molecular complexity index is 900. The summed E-state index contributed by atoms with van der Waals surface area (Å²) in [6.07, 6.45) is 4.83. The van der Waals surface area contributed by atoms with E-state index in [1.54, 1.807) is 30.6 Å². The first-order chi connectivity index (χ1) is 11.6. The summed E-state index contributed by atoms with van der Waals surface area (Å²) in [6.45, 7) is 2.44. The topological polar surface area (TPSA) is 64.0 Å². The summed E-state index contributed by atoms with van der Waals surface area (Å²) < 4.78 is 1.53. The minimum Gasteiger partial charge on any atom is -0.320 e. The lowest BCUT2D eigenvalue weighted by molar-refractivity contribution is 0.102. The zero-order valence-electron chi connectivity index (χ0n) is 13.3. The Morgan fingerprint density at radius 1 is 1.12 bits per heavy atom. The van der Waals surface area contributed by atoms with Gasteiger partial charge in [-0.3, -0.25) is 14.6 Å². The van der Waals surface area contributed by atoms with Crippen LogP contribution in [0.15, 0.2) is 71.9 Å². The molecule has 0 spiro atoms. The predicted molar refractivity (Wildman–Crippen MR) is 93.2 cm³/mol. The molecule has 1 amide bonds. The van der Waals surface area contributed by atoms with Crippen LogP contribution in [0.4, 0.5) is 5.69 Å². The monoisotopic (exact) mass is 319 g/mol. The first kappa shape index (κ1) is 15.7. The van der Waals surface area contributed by atoms with Gasteiger partial charge in [0.15, 0.2) is 0 Å². The van der Waals surface area contributed by atoms with Gasteiger partial charge in [0.05, 0.1) is 18.4 Å². The molecule has 0 aliphatic carbocycles. The van der Waals surface area contributed by atoms with Crippen molar-refractivity contribution in [3.63, 3.8) is 0 Å². The fourth-order valence-corrected chi connectivity index (χ4v) is 2.36. The number of rotatable bonds is 4. The number of amides is 1. The zero-order chi connectivity index (χ0) is 16.9. The Kier molecular flexibility index (Phi) is 4.52. The Morgan fingerprint density at radius 2 is 1.92 bits per heavy atom. The number of hydrogen-bond acceptors (Lipinski definition) is 3. The van der Waals surface area contributed by atoms with Gasteiger partial charge in [0, 0.05) is 12.4 Å². The number of benzene rings is 1. The highest BCUT2D eigenvalue weighted by atomic mass is 16.2. The maximum absolute atomic E-state index is 12.6. The molecule has 0 unspecified atom stereocenters. The van der Waals surface area contributed by atoms with Crippen molar-refractivity contribution >= 4 is 11.6 Å². The number of anilines is 1. The van der Waals surface area contributed by atoms with E-state index in [1.165, 1.54) is 16.8 Å². The number of aryl methyl sites for hydroxylation is 1. The van der Waals surface area contributed by atoms with Crippen molar-refractivity contribution in [3.8, 4) is 0 Å². The van der Waals surface area contributed by atoms with Gasteiger partial charge in [0.25, 0.3) is 11.5 Å². The lowest BCUT2D eigenvalue weighted by Crippen LogP contribution is -2.29. The number of nitrogens with one attached hydrogen (secondary N) is 1. The largest absolute Gasteiger partial charge is 0.320 e. The van der Waals surface area contributed by atoms with Crippen LogP contribution in [0.1, 0.15) is 21.5 Å². The second kappa shape index (κ2) is 6.91. The van der Waals surface area contributed by atoms with Crippen LogP contribution in [0.25, 0.3) is 0 Å². The highest BCUT2D eigenvalue weighted by Crippen LogP contribution is 2.07. The van der Waals surface area contributed by atoms with Crippen LogP contribution in [0, 0.1) is 6.92 Å².